The van der Waals surface area contributed by atoms with Crippen molar-refractivity contribution >= 4 is 28.8 Å². The lowest BCUT2D eigenvalue weighted by atomic mass is 10.2. The van der Waals surface area contributed by atoms with Gasteiger partial charge in [-0.3, -0.25) is 14.0 Å². The van der Waals surface area contributed by atoms with Crippen molar-refractivity contribution in [1.82, 2.24) is 9.38 Å². The smallest absolute Gasteiger partial charge is 0.274 e. The van der Waals surface area contributed by atoms with Gasteiger partial charge < -0.3 is 15.4 Å². The average molecular weight is 338 g/mol. The summed E-state index contributed by atoms with van der Waals surface area (Å²) in [4.78, 5) is 28.3. The maximum atomic E-state index is 12.7. The SMILES string of the molecule is COc1cccn2c(C(=O)Nc3cccc(NC(C)=O)c3)c(C)nc12. The Hall–Kier alpha value is -3.35. The van der Waals surface area contributed by atoms with E-state index in [1.165, 1.54) is 6.92 Å². The van der Waals surface area contributed by atoms with E-state index in [0.29, 0.717) is 34.2 Å². The highest BCUT2D eigenvalue weighted by Gasteiger charge is 2.18. The zero-order valence-corrected chi connectivity index (χ0v) is 14.2. The number of amides is 2. The highest BCUT2D eigenvalue weighted by Crippen LogP contribution is 2.23. The number of imidazole rings is 1. The van der Waals surface area contributed by atoms with Crippen LogP contribution in [-0.2, 0) is 4.79 Å². The van der Waals surface area contributed by atoms with Crippen molar-refractivity contribution in [3.8, 4) is 5.75 Å². The molecule has 25 heavy (non-hydrogen) atoms. The molecular weight excluding hydrogens is 320 g/mol. The number of anilines is 2. The first-order chi connectivity index (χ1) is 12.0. The minimum absolute atomic E-state index is 0.173. The van der Waals surface area contributed by atoms with Crippen molar-refractivity contribution in [2.75, 3.05) is 17.7 Å². The van der Waals surface area contributed by atoms with Gasteiger partial charge in [0.15, 0.2) is 11.4 Å². The van der Waals surface area contributed by atoms with E-state index in [1.807, 2.05) is 0 Å². The summed E-state index contributed by atoms with van der Waals surface area (Å²) < 4.78 is 6.99. The fourth-order valence-electron chi connectivity index (χ4n) is 2.66. The lowest BCUT2D eigenvalue weighted by molar-refractivity contribution is -0.114. The predicted octanol–water partition coefficient (Wildman–Crippen LogP) is 2.86. The molecule has 0 fully saturated rings. The summed E-state index contributed by atoms with van der Waals surface area (Å²) in [6.07, 6.45) is 1.76. The number of hydrogen-bond donors (Lipinski definition) is 2. The molecule has 2 N–H and O–H groups in total. The van der Waals surface area contributed by atoms with Crippen molar-refractivity contribution in [2.24, 2.45) is 0 Å². The first kappa shape index (κ1) is 16.5. The van der Waals surface area contributed by atoms with E-state index < -0.39 is 0 Å². The highest BCUT2D eigenvalue weighted by atomic mass is 16.5. The molecule has 2 aromatic heterocycles. The molecule has 7 heteroatoms. The van der Waals surface area contributed by atoms with Gasteiger partial charge in [0.05, 0.1) is 12.8 Å². The van der Waals surface area contributed by atoms with Gasteiger partial charge in [-0.15, -0.1) is 0 Å². The van der Waals surface area contributed by atoms with Crippen molar-refractivity contribution in [3.63, 3.8) is 0 Å². The second-order valence-electron chi connectivity index (χ2n) is 5.53. The van der Waals surface area contributed by atoms with Gasteiger partial charge in [-0.1, -0.05) is 6.07 Å². The molecule has 0 radical (unpaired) electrons. The third-order valence-corrected chi connectivity index (χ3v) is 3.66. The van der Waals surface area contributed by atoms with Crippen LogP contribution < -0.4 is 15.4 Å². The molecular formula is C18H18N4O3. The third kappa shape index (κ3) is 3.30. The predicted molar refractivity (Wildman–Crippen MR) is 95.2 cm³/mol. The molecule has 128 valence electrons. The van der Waals surface area contributed by atoms with Gasteiger partial charge in [0.25, 0.3) is 5.91 Å². The lowest BCUT2D eigenvalue weighted by Crippen LogP contribution is -2.16. The average Bonchev–Trinajstić information content (AvgIpc) is 2.90. The molecule has 2 amide bonds. The Morgan fingerprint density at radius 1 is 1.12 bits per heavy atom. The van der Waals surface area contributed by atoms with Crippen molar-refractivity contribution < 1.29 is 14.3 Å². The van der Waals surface area contributed by atoms with Crippen LogP contribution in [0.2, 0.25) is 0 Å². The van der Waals surface area contributed by atoms with Crippen LogP contribution in [0.4, 0.5) is 11.4 Å². The van der Waals surface area contributed by atoms with Crippen LogP contribution in [-0.4, -0.2) is 28.3 Å². The van der Waals surface area contributed by atoms with Crippen molar-refractivity contribution in [2.45, 2.75) is 13.8 Å². The number of nitrogens with zero attached hydrogens (tertiary/aromatic N) is 2. The number of hydrogen-bond acceptors (Lipinski definition) is 4. The van der Waals surface area contributed by atoms with Crippen LogP contribution in [0.1, 0.15) is 23.1 Å². The quantitative estimate of drug-likeness (QED) is 0.766. The Morgan fingerprint density at radius 3 is 2.52 bits per heavy atom. The maximum Gasteiger partial charge on any atom is 0.274 e. The van der Waals surface area contributed by atoms with Crippen LogP contribution in [0.3, 0.4) is 0 Å². The fourth-order valence-corrected chi connectivity index (χ4v) is 2.66. The number of pyridine rings is 1. The van der Waals surface area contributed by atoms with Crippen LogP contribution in [0.25, 0.3) is 5.65 Å². The molecule has 0 aliphatic heterocycles. The minimum Gasteiger partial charge on any atom is -0.493 e. The number of rotatable bonds is 4. The van der Waals surface area contributed by atoms with Crippen molar-refractivity contribution in [3.05, 3.63) is 54.0 Å². The number of benzene rings is 1. The lowest BCUT2D eigenvalue weighted by Gasteiger charge is -2.09. The summed E-state index contributed by atoms with van der Waals surface area (Å²) in [6, 6.07) is 10.5. The summed E-state index contributed by atoms with van der Waals surface area (Å²) in [5.74, 6) is 0.128. The molecule has 0 saturated heterocycles. The monoisotopic (exact) mass is 338 g/mol. The fraction of sp³-hybridized carbons (Fsp3) is 0.167. The molecule has 0 aliphatic carbocycles. The summed E-state index contributed by atoms with van der Waals surface area (Å²) in [5.41, 5.74) is 2.80. The topological polar surface area (TPSA) is 84.7 Å². The van der Waals surface area contributed by atoms with Gasteiger partial charge in [0.2, 0.25) is 5.91 Å². The van der Waals surface area contributed by atoms with Gasteiger partial charge in [0, 0.05) is 24.5 Å². The largest absolute Gasteiger partial charge is 0.493 e. The van der Waals surface area contributed by atoms with E-state index in [4.69, 9.17) is 4.74 Å². The van der Waals surface area contributed by atoms with E-state index in [2.05, 4.69) is 15.6 Å². The Labute approximate surface area is 144 Å². The normalized spacial score (nSPS) is 10.5. The van der Waals surface area contributed by atoms with Gasteiger partial charge in [-0.25, -0.2) is 4.98 Å². The molecule has 3 rings (SSSR count). The zero-order chi connectivity index (χ0) is 18.0. The number of nitrogens with one attached hydrogen (secondary N) is 2. The number of fused-ring (bicyclic) bond motifs is 1. The summed E-state index contributed by atoms with van der Waals surface area (Å²) >= 11 is 0. The van der Waals surface area contributed by atoms with E-state index in [1.54, 1.807) is 61.0 Å². The van der Waals surface area contributed by atoms with Gasteiger partial charge in [0.1, 0.15) is 5.69 Å². The number of aryl methyl sites for hydroxylation is 1. The standard InChI is InChI=1S/C18H18N4O3/c1-11-16(22-9-5-8-15(25-3)17(22)19-11)18(24)21-14-7-4-6-13(10-14)20-12(2)23/h4-10H,1-3H3,(H,20,23)(H,21,24). The molecule has 0 aliphatic rings. The van der Waals surface area contributed by atoms with Gasteiger partial charge >= 0.3 is 0 Å². The van der Waals surface area contributed by atoms with Crippen LogP contribution >= 0.6 is 0 Å². The number of aromatic nitrogens is 2. The zero-order valence-electron chi connectivity index (χ0n) is 14.2. The van der Waals surface area contributed by atoms with Crippen LogP contribution in [0.5, 0.6) is 5.75 Å². The van der Waals surface area contributed by atoms with Crippen LogP contribution in [0, 0.1) is 6.92 Å². The summed E-state index contributed by atoms with van der Waals surface area (Å²) in [7, 11) is 1.56. The first-order valence-corrected chi connectivity index (χ1v) is 7.70. The molecule has 7 nitrogen and oxygen atoms in total. The molecule has 2 heterocycles. The van der Waals surface area contributed by atoms with E-state index in [9.17, 15) is 9.59 Å². The van der Waals surface area contributed by atoms with Gasteiger partial charge in [-0.05, 0) is 37.3 Å². The third-order valence-electron chi connectivity index (χ3n) is 3.66. The highest BCUT2D eigenvalue weighted by molar-refractivity contribution is 6.05. The summed E-state index contributed by atoms with van der Waals surface area (Å²) in [5, 5.41) is 5.52. The van der Waals surface area contributed by atoms with E-state index >= 15 is 0 Å². The molecule has 1 aromatic carbocycles. The molecule has 0 unspecified atom stereocenters. The number of ether oxygens (including phenoxy) is 1. The van der Waals surface area contributed by atoms with Crippen molar-refractivity contribution in [1.29, 1.82) is 0 Å². The first-order valence-electron chi connectivity index (χ1n) is 7.70. The Morgan fingerprint density at radius 2 is 1.84 bits per heavy atom. The molecule has 3 aromatic rings. The Balaban J connectivity index is 1.93. The number of methoxy groups -OCH3 is 1. The molecule has 0 spiro atoms. The Kier molecular flexibility index (Phi) is 4.38. The second kappa shape index (κ2) is 6.64. The molecule has 0 saturated carbocycles. The van der Waals surface area contributed by atoms with E-state index in [0.717, 1.165) is 0 Å². The summed E-state index contributed by atoms with van der Waals surface area (Å²) in [6.45, 7) is 3.20. The number of carbonyl (C=O) groups excluding carboxylic acids is 2. The molecule has 0 atom stereocenters. The maximum absolute atomic E-state index is 12.7. The van der Waals surface area contributed by atoms with Gasteiger partial charge in [-0.2, -0.15) is 0 Å². The van der Waals surface area contributed by atoms with E-state index in [-0.39, 0.29) is 11.8 Å². The molecule has 0 bridgehead atoms. The number of carbonyl (C=O) groups is 2. The second-order valence-corrected chi connectivity index (χ2v) is 5.53. The van der Waals surface area contributed by atoms with Crippen LogP contribution in [0.15, 0.2) is 42.6 Å². The Bertz CT molecular complexity index is 962. The minimum atomic E-state index is -0.293.